The van der Waals surface area contributed by atoms with Crippen molar-refractivity contribution in [2.24, 2.45) is 0 Å². The molecular formula is C64H125NO13. The summed E-state index contributed by atoms with van der Waals surface area (Å²) in [6.07, 6.45) is 41.5. The molecule has 1 amide bonds. The molecule has 2 fully saturated rings. The molecular weight excluding hydrogens is 991 g/mol. The highest BCUT2D eigenvalue weighted by Crippen LogP contribution is 2.30. The van der Waals surface area contributed by atoms with E-state index in [9.17, 15) is 45.6 Å². The zero-order valence-corrected chi connectivity index (χ0v) is 50.2. The molecule has 464 valence electrons. The van der Waals surface area contributed by atoms with E-state index in [1.54, 1.807) is 0 Å². The minimum Gasteiger partial charge on any atom is -0.394 e. The second kappa shape index (κ2) is 50.5. The molecule has 2 aliphatic heterocycles. The SMILES string of the molecule is CCCCCCCCCCCCCCCCCCCCCCCCCCCCCCCCCCCC(=O)NC(COC1OC(CO)C(OC2OC(CO)C(O)C(O)C2O)C(O)C1O)C(O)CCCCCCCCCCCCC. The minimum atomic E-state index is -1.78. The Morgan fingerprint density at radius 2 is 0.731 bits per heavy atom. The third-order valence-corrected chi connectivity index (χ3v) is 16.8. The molecule has 0 aromatic heterocycles. The first-order valence-electron chi connectivity index (χ1n) is 33.3. The van der Waals surface area contributed by atoms with Crippen molar-refractivity contribution in [1.29, 1.82) is 0 Å². The van der Waals surface area contributed by atoms with Gasteiger partial charge in [0.15, 0.2) is 12.6 Å². The summed E-state index contributed by atoms with van der Waals surface area (Å²) in [5.74, 6) is -0.200. The number of rotatable bonds is 55. The number of carbonyl (C=O) groups is 1. The highest BCUT2D eigenvalue weighted by atomic mass is 16.7. The van der Waals surface area contributed by atoms with Crippen LogP contribution in [0.1, 0.15) is 309 Å². The van der Waals surface area contributed by atoms with Crippen LogP contribution in [0.4, 0.5) is 0 Å². The predicted molar refractivity (Wildman–Crippen MR) is 314 cm³/mol. The van der Waals surface area contributed by atoms with E-state index in [0.717, 1.165) is 51.4 Å². The largest absolute Gasteiger partial charge is 0.394 e. The zero-order chi connectivity index (χ0) is 56.7. The lowest BCUT2D eigenvalue weighted by molar-refractivity contribution is -0.359. The lowest BCUT2D eigenvalue weighted by atomic mass is 9.97. The number of nitrogens with one attached hydrogen (secondary N) is 1. The third-order valence-electron chi connectivity index (χ3n) is 16.8. The normalized spacial score (nSPS) is 24.4. The van der Waals surface area contributed by atoms with Crippen LogP contribution in [-0.2, 0) is 23.7 Å². The molecule has 2 rings (SSSR count). The Bertz CT molecular complexity index is 1310. The molecule has 12 atom stereocenters. The monoisotopic (exact) mass is 1120 g/mol. The van der Waals surface area contributed by atoms with Gasteiger partial charge in [0, 0.05) is 6.42 Å². The molecule has 0 bridgehead atoms. The Kier molecular flexibility index (Phi) is 47.3. The van der Waals surface area contributed by atoms with Crippen molar-refractivity contribution in [2.45, 2.75) is 383 Å². The predicted octanol–water partition coefficient (Wildman–Crippen LogP) is 12.5. The second-order valence-corrected chi connectivity index (χ2v) is 24.0. The molecule has 78 heavy (non-hydrogen) atoms. The van der Waals surface area contributed by atoms with Gasteiger partial charge in [0.25, 0.3) is 0 Å². The highest BCUT2D eigenvalue weighted by Gasteiger charge is 2.51. The van der Waals surface area contributed by atoms with Crippen LogP contribution in [0.15, 0.2) is 0 Å². The topological polar surface area (TPSA) is 228 Å². The van der Waals surface area contributed by atoms with Crippen molar-refractivity contribution in [3.8, 4) is 0 Å². The summed E-state index contributed by atoms with van der Waals surface area (Å²) in [6, 6.07) is -0.822. The van der Waals surface area contributed by atoms with E-state index >= 15 is 0 Å². The number of carbonyl (C=O) groups excluding carboxylic acids is 1. The van der Waals surface area contributed by atoms with Crippen LogP contribution in [0.2, 0.25) is 0 Å². The van der Waals surface area contributed by atoms with E-state index in [1.165, 1.54) is 231 Å². The maximum absolute atomic E-state index is 13.3. The van der Waals surface area contributed by atoms with Gasteiger partial charge < -0.3 is 65.1 Å². The first-order chi connectivity index (χ1) is 38.1. The summed E-state index contributed by atoms with van der Waals surface area (Å²) in [6.45, 7) is 2.89. The highest BCUT2D eigenvalue weighted by molar-refractivity contribution is 5.76. The van der Waals surface area contributed by atoms with Gasteiger partial charge in [-0.25, -0.2) is 0 Å². The Morgan fingerprint density at radius 1 is 0.410 bits per heavy atom. The Morgan fingerprint density at radius 3 is 1.09 bits per heavy atom. The van der Waals surface area contributed by atoms with Gasteiger partial charge in [-0.05, 0) is 12.8 Å². The molecule has 9 N–H and O–H groups in total. The van der Waals surface area contributed by atoms with E-state index in [0.29, 0.717) is 12.8 Å². The van der Waals surface area contributed by atoms with Crippen LogP contribution in [0.3, 0.4) is 0 Å². The number of aliphatic hydroxyl groups excluding tert-OH is 8. The summed E-state index contributed by atoms with van der Waals surface area (Å²) in [5, 5.41) is 87.2. The molecule has 14 nitrogen and oxygen atoms in total. The molecule has 0 spiro atoms. The molecule has 0 aromatic rings. The average molecular weight is 1120 g/mol. The summed E-state index contributed by atoms with van der Waals surface area (Å²) in [5.41, 5.74) is 0. The number of ether oxygens (including phenoxy) is 4. The van der Waals surface area contributed by atoms with Gasteiger partial charge in [0.2, 0.25) is 5.91 Å². The lowest BCUT2D eigenvalue weighted by Crippen LogP contribution is -2.65. The van der Waals surface area contributed by atoms with Crippen molar-refractivity contribution in [2.75, 3.05) is 19.8 Å². The van der Waals surface area contributed by atoms with E-state index < -0.39 is 86.8 Å². The third kappa shape index (κ3) is 35.2. The molecule has 2 saturated heterocycles. The summed E-state index contributed by atoms with van der Waals surface area (Å²) >= 11 is 0. The fourth-order valence-corrected chi connectivity index (χ4v) is 11.5. The Labute approximate surface area is 476 Å². The number of aliphatic hydroxyl groups is 8. The van der Waals surface area contributed by atoms with Crippen LogP contribution < -0.4 is 5.32 Å². The maximum atomic E-state index is 13.3. The maximum Gasteiger partial charge on any atom is 0.220 e. The van der Waals surface area contributed by atoms with Crippen molar-refractivity contribution in [3.05, 3.63) is 0 Å². The van der Waals surface area contributed by atoms with Crippen LogP contribution in [-0.4, -0.2) is 140 Å². The number of amides is 1. The number of hydrogen-bond acceptors (Lipinski definition) is 13. The van der Waals surface area contributed by atoms with Crippen molar-refractivity contribution >= 4 is 5.91 Å². The quantitative estimate of drug-likeness (QED) is 0.0259. The minimum absolute atomic E-state index is 0.200. The van der Waals surface area contributed by atoms with Crippen molar-refractivity contribution in [3.63, 3.8) is 0 Å². The molecule has 12 unspecified atom stereocenters. The average Bonchev–Trinajstić information content (AvgIpc) is 3.47. The summed E-state index contributed by atoms with van der Waals surface area (Å²) < 4.78 is 22.8. The molecule has 14 heteroatoms. The van der Waals surface area contributed by atoms with Gasteiger partial charge >= 0.3 is 0 Å². The molecule has 0 radical (unpaired) electrons. The Balaban J connectivity index is 1.57. The van der Waals surface area contributed by atoms with Gasteiger partial charge in [-0.2, -0.15) is 0 Å². The number of unbranched alkanes of at least 4 members (excludes halogenated alkanes) is 42. The summed E-state index contributed by atoms with van der Waals surface area (Å²) in [7, 11) is 0. The first kappa shape index (κ1) is 73.1. The zero-order valence-electron chi connectivity index (χ0n) is 50.2. The first-order valence-corrected chi connectivity index (χ1v) is 33.3. The van der Waals surface area contributed by atoms with Crippen LogP contribution in [0.5, 0.6) is 0 Å². The van der Waals surface area contributed by atoms with Crippen molar-refractivity contribution in [1.82, 2.24) is 5.32 Å². The van der Waals surface area contributed by atoms with E-state index in [2.05, 4.69) is 19.2 Å². The van der Waals surface area contributed by atoms with E-state index in [4.69, 9.17) is 18.9 Å². The van der Waals surface area contributed by atoms with E-state index in [-0.39, 0.29) is 12.5 Å². The van der Waals surface area contributed by atoms with E-state index in [1.807, 2.05) is 0 Å². The molecule has 0 aromatic carbocycles. The lowest BCUT2D eigenvalue weighted by Gasteiger charge is -2.46. The van der Waals surface area contributed by atoms with Gasteiger partial charge in [-0.3, -0.25) is 4.79 Å². The second-order valence-electron chi connectivity index (χ2n) is 24.0. The Hall–Kier alpha value is -1.01. The fourth-order valence-electron chi connectivity index (χ4n) is 11.5. The van der Waals surface area contributed by atoms with Gasteiger partial charge in [-0.1, -0.05) is 290 Å². The van der Waals surface area contributed by atoms with Crippen LogP contribution in [0.25, 0.3) is 0 Å². The molecule has 2 aliphatic rings. The van der Waals surface area contributed by atoms with Gasteiger partial charge in [0.05, 0.1) is 32.0 Å². The van der Waals surface area contributed by atoms with Gasteiger partial charge in [-0.15, -0.1) is 0 Å². The molecule has 2 heterocycles. The van der Waals surface area contributed by atoms with Crippen LogP contribution in [0, 0.1) is 0 Å². The van der Waals surface area contributed by atoms with Gasteiger partial charge in [0.1, 0.15) is 48.8 Å². The van der Waals surface area contributed by atoms with Crippen molar-refractivity contribution < 1.29 is 64.6 Å². The summed E-state index contributed by atoms with van der Waals surface area (Å²) in [4.78, 5) is 13.3. The number of hydrogen-bond donors (Lipinski definition) is 9. The fraction of sp³-hybridized carbons (Fsp3) is 0.984. The molecule has 0 saturated carbocycles. The standard InChI is InChI=1S/C64H125NO13/c1-3-5-7-9-11-13-15-16-17-18-19-20-21-22-23-24-25-26-27-28-29-30-31-32-33-34-35-36-38-40-42-44-46-48-56(69)65-52(53(68)47-45-43-41-39-37-14-12-10-8-6-4-2)51-75-63-61(74)59(72)62(55(50-67)77-63)78-64-60(73)58(71)57(70)54(49-66)76-64/h52-55,57-64,66-68,70-74H,3-51H2,1-2H3,(H,65,69). The molecule has 0 aliphatic carbocycles. The van der Waals surface area contributed by atoms with Crippen LogP contribution >= 0.6 is 0 Å². The smallest absolute Gasteiger partial charge is 0.220 e.